The van der Waals surface area contributed by atoms with Gasteiger partial charge in [0.05, 0.1) is 10.0 Å². The fourth-order valence-electron chi connectivity index (χ4n) is 2.21. The molecule has 2 nitrogen and oxygen atoms in total. The summed E-state index contributed by atoms with van der Waals surface area (Å²) < 4.78 is 32.7. The van der Waals surface area contributed by atoms with Gasteiger partial charge in [-0.3, -0.25) is 4.79 Å². The van der Waals surface area contributed by atoms with Gasteiger partial charge >= 0.3 is 0 Å². The number of carbonyl (C=O) groups is 1. The number of hydrogen-bond acceptors (Lipinski definition) is 2. The SMILES string of the molecule is O=C(c1cc(F)c(Br)cc1F)C1Cc2ccccc2O1. The molecular formula is C15H9BrF2O2. The van der Waals surface area contributed by atoms with Crippen LogP contribution in [0.4, 0.5) is 8.78 Å². The van der Waals surface area contributed by atoms with Crippen LogP contribution in [0, 0.1) is 11.6 Å². The minimum absolute atomic E-state index is 0.0119. The summed E-state index contributed by atoms with van der Waals surface area (Å²) in [5.74, 6) is -1.37. The maximum absolute atomic E-state index is 13.8. The van der Waals surface area contributed by atoms with E-state index < -0.39 is 23.5 Å². The van der Waals surface area contributed by atoms with Gasteiger partial charge < -0.3 is 4.74 Å². The van der Waals surface area contributed by atoms with Gasteiger partial charge in [-0.15, -0.1) is 0 Å². The third-order valence-electron chi connectivity index (χ3n) is 3.22. The number of rotatable bonds is 2. The van der Waals surface area contributed by atoms with Gasteiger partial charge in [0.2, 0.25) is 5.78 Å². The van der Waals surface area contributed by atoms with Crippen molar-refractivity contribution in [2.24, 2.45) is 0 Å². The van der Waals surface area contributed by atoms with Gasteiger partial charge in [0.25, 0.3) is 0 Å². The van der Waals surface area contributed by atoms with Gasteiger partial charge in [0.15, 0.2) is 6.10 Å². The van der Waals surface area contributed by atoms with E-state index in [9.17, 15) is 13.6 Å². The molecule has 2 aromatic carbocycles. The highest BCUT2D eigenvalue weighted by molar-refractivity contribution is 9.10. The predicted molar refractivity (Wildman–Crippen MR) is 73.0 cm³/mol. The lowest BCUT2D eigenvalue weighted by Crippen LogP contribution is -2.26. The number of halogens is 3. The van der Waals surface area contributed by atoms with Crippen molar-refractivity contribution in [1.29, 1.82) is 0 Å². The Morgan fingerprint density at radius 3 is 2.70 bits per heavy atom. The largest absolute Gasteiger partial charge is 0.482 e. The van der Waals surface area contributed by atoms with Gasteiger partial charge in [0, 0.05) is 6.42 Å². The van der Waals surface area contributed by atoms with E-state index in [0.717, 1.165) is 17.7 Å². The van der Waals surface area contributed by atoms with Gasteiger partial charge in [-0.25, -0.2) is 8.78 Å². The van der Waals surface area contributed by atoms with Crippen molar-refractivity contribution in [3.63, 3.8) is 0 Å². The van der Waals surface area contributed by atoms with Gasteiger partial charge in [0.1, 0.15) is 17.4 Å². The first-order valence-corrected chi connectivity index (χ1v) is 6.79. The molecule has 1 aliphatic rings. The maximum atomic E-state index is 13.8. The Labute approximate surface area is 122 Å². The van der Waals surface area contributed by atoms with Crippen LogP contribution in [0.3, 0.4) is 0 Å². The zero-order valence-electron chi connectivity index (χ0n) is 10.2. The molecule has 0 saturated heterocycles. The molecule has 1 aliphatic heterocycles. The third kappa shape index (κ3) is 2.22. The molecule has 3 rings (SSSR count). The Morgan fingerprint density at radius 1 is 1.20 bits per heavy atom. The Morgan fingerprint density at radius 2 is 1.95 bits per heavy atom. The normalized spacial score (nSPS) is 16.6. The first-order chi connectivity index (χ1) is 9.56. The summed E-state index contributed by atoms with van der Waals surface area (Å²) >= 11 is 2.88. The van der Waals surface area contributed by atoms with E-state index in [2.05, 4.69) is 15.9 Å². The number of benzene rings is 2. The zero-order valence-corrected chi connectivity index (χ0v) is 11.8. The number of hydrogen-bond donors (Lipinski definition) is 0. The van der Waals surface area contributed by atoms with Crippen LogP contribution in [0.15, 0.2) is 40.9 Å². The summed E-state index contributed by atoms with van der Waals surface area (Å²) in [4.78, 5) is 12.3. The summed E-state index contributed by atoms with van der Waals surface area (Å²) in [6, 6.07) is 9.08. The monoisotopic (exact) mass is 338 g/mol. The van der Waals surface area contributed by atoms with Crippen LogP contribution in [0.5, 0.6) is 5.75 Å². The van der Waals surface area contributed by atoms with E-state index in [0.29, 0.717) is 12.2 Å². The van der Waals surface area contributed by atoms with Crippen molar-refractivity contribution < 1.29 is 18.3 Å². The molecule has 0 radical (unpaired) electrons. The highest BCUT2D eigenvalue weighted by atomic mass is 79.9. The molecule has 0 aromatic heterocycles. The van der Waals surface area contributed by atoms with Crippen LogP contribution in [0.25, 0.3) is 0 Å². The Kier molecular flexibility index (Phi) is 3.30. The molecule has 0 amide bonds. The molecule has 102 valence electrons. The van der Waals surface area contributed by atoms with Crippen LogP contribution in [0.2, 0.25) is 0 Å². The second-order valence-corrected chi connectivity index (χ2v) is 5.38. The second kappa shape index (κ2) is 4.98. The van der Waals surface area contributed by atoms with Crippen molar-refractivity contribution in [3.8, 4) is 5.75 Å². The van der Waals surface area contributed by atoms with Crippen LogP contribution in [-0.4, -0.2) is 11.9 Å². The molecule has 20 heavy (non-hydrogen) atoms. The standard InChI is InChI=1S/C15H9BrF2O2/c16-10-7-11(17)9(6-12(10)18)15(19)14-5-8-3-1-2-4-13(8)20-14/h1-4,6-7,14H,5H2. The molecule has 2 aromatic rings. The van der Waals surface area contributed by atoms with Crippen molar-refractivity contribution in [2.45, 2.75) is 12.5 Å². The van der Waals surface area contributed by atoms with Crippen molar-refractivity contribution in [2.75, 3.05) is 0 Å². The lowest BCUT2D eigenvalue weighted by atomic mass is 10.0. The topological polar surface area (TPSA) is 26.3 Å². The van der Waals surface area contributed by atoms with E-state index >= 15 is 0 Å². The molecule has 1 heterocycles. The van der Waals surface area contributed by atoms with Crippen molar-refractivity contribution in [3.05, 3.63) is 63.6 Å². The molecule has 0 bridgehead atoms. The van der Waals surface area contributed by atoms with E-state index in [1.54, 1.807) is 12.1 Å². The number of Topliss-reactive ketones (excluding diaryl/α,β-unsaturated/α-hetero) is 1. The first kappa shape index (κ1) is 13.2. The molecule has 1 unspecified atom stereocenters. The number of carbonyl (C=O) groups excluding carboxylic acids is 1. The number of ether oxygens (including phenoxy) is 1. The van der Waals surface area contributed by atoms with Crippen LogP contribution in [0.1, 0.15) is 15.9 Å². The minimum atomic E-state index is -0.803. The fourth-order valence-corrected chi connectivity index (χ4v) is 2.53. The molecule has 0 fully saturated rings. The minimum Gasteiger partial charge on any atom is -0.482 e. The summed E-state index contributed by atoms with van der Waals surface area (Å²) in [5.41, 5.74) is 0.604. The summed E-state index contributed by atoms with van der Waals surface area (Å²) in [7, 11) is 0. The van der Waals surface area contributed by atoms with E-state index in [1.807, 2.05) is 12.1 Å². The first-order valence-electron chi connectivity index (χ1n) is 5.99. The average Bonchev–Trinajstić information content (AvgIpc) is 2.86. The number of ketones is 1. The Bertz CT molecular complexity index is 675. The second-order valence-electron chi connectivity index (χ2n) is 4.53. The molecule has 0 saturated carbocycles. The maximum Gasteiger partial charge on any atom is 0.206 e. The lowest BCUT2D eigenvalue weighted by Gasteiger charge is -2.10. The fraction of sp³-hybridized carbons (Fsp3) is 0.133. The molecule has 0 aliphatic carbocycles. The third-order valence-corrected chi connectivity index (χ3v) is 3.82. The predicted octanol–water partition coefficient (Wildman–Crippen LogP) is 3.91. The molecule has 5 heteroatoms. The highest BCUT2D eigenvalue weighted by Crippen LogP contribution is 2.30. The van der Waals surface area contributed by atoms with E-state index in [4.69, 9.17) is 4.74 Å². The Balaban J connectivity index is 1.90. The van der Waals surface area contributed by atoms with Gasteiger partial charge in [-0.1, -0.05) is 18.2 Å². The van der Waals surface area contributed by atoms with E-state index in [-0.39, 0.29) is 10.0 Å². The van der Waals surface area contributed by atoms with E-state index in [1.165, 1.54) is 0 Å². The summed E-state index contributed by atoms with van der Waals surface area (Å²) in [5, 5.41) is 0. The quantitative estimate of drug-likeness (QED) is 0.613. The molecular weight excluding hydrogens is 330 g/mol. The smallest absolute Gasteiger partial charge is 0.206 e. The average molecular weight is 339 g/mol. The number of fused-ring (bicyclic) bond motifs is 1. The highest BCUT2D eigenvalue weighted by Gasteiger charge is 2.31. The van der Waals surface area contributed by atoms with Crippen LogP contribution in [-0.2, 0) is 6.42 Å². The van der Waals surface area contributed by atoms with Crippen molar-refractivity contribution in [1.82, 2.24) is 0 Å². The van der Waals surface area contributed by atoms with Crippen molar-refractivity contribution >= 4 is 21.7 Å². The zero-order chi connectivity index (χ0) is 14.3. The molecule has 0 spiro atoms. The summed E-state index contributed by atoms with van der Waals surface area (Å²) in [6.45, 7) is 0. The lowest BCUT2D eigenvalue weighted by molar-refractivity contribution is 0.0820. The van der Waals surface area contributed by atoms with Crippen LogP contribution < -0.4 is 4.74 Å². The molecule has 0 N–H and O–H groups in total. The van der Waals surface area contributed by atoms with Crippen LogP contribution >= 0.6 is 15.9 Å². The number of para-hydroxylation sites is 1. The van der Waals surface area contributed by atoms with Gasteiger partial charge in [-0.05, 0) is 39.7 Å². The summed E-state index contributed by atoms with van der Waals surface area (Å²) in [6.07, 6.45) is -0.436. The Hall–Kier alpha value is -1.75. The molecule has 1 atom stereocenters. The van der Waals surface area contributed by atoms with Gasteiger partial charge in [-0.2, -0.15) is 0 Å².